The Labute approximate surface area is 111 Å². The number of alkyl halides is 6. The Morgan fingerprint density at radius 1 is 0.900 bits per heavy atom. The average Bonchev–Trinajstić information content (AvgIpc) is 2.24. The first-order chi connectivity index (χ1) is 8.87. The van der Waals surface area contributed by atoms with Gasteiger partial charge in [0, 0.05) is 0 Å². The van der Waals surface area contributed by atoms with Crippen LogP contribution < -0.4 is 5.46 Å². The smallest absolute Gasteiger partial charge is 0.423 e. The lowest BCUT2D eigenvalue weighted by Gasteiger charge is -2.23. The Kier molecular flexibility index (Phi) is 4.45. The number of rotatable bonds is 2. The standard InChI is InChI=1S/C11H11BF6O2/c1-5(2)8-6(10(13,14)15)3-4-7(11(16,17)18)9(8)12(19)20/h3-5,19-20H,1-2H3. The molecular weight excluding hydrogens is 289 g/mol. The van der Waals surface area contributed by atoms with Crippen LogP contribution in [0.4, 0.5) is 26.3 Å². The van der Waals surface area contributed by atoms with Gasteiger partial charge in [-0.15, -0.1) is 0 Å². The van der Waals surface area contributed by atoms with E-state index in [4.69, 9.17) is 10.0 Å². The molecule has 0 aliphatic carbocycles. The molecule has 0 saturated carbocycles. The topological polar surface area (TPSA) is 40.5 Å². The van der Waals surface area contributed by atoms with Crippen LogP contribution in [0.3, 0.4) is 0 Å². The summed E-state index contributed by atoms with van der Waals surface area (Å²) >= 11 is 0. The van der Waals surface area contributed by atoms with Crippen LogP contribution in [0.15, 0.2) is 12.1 Å². The van der Waals surface area contributed by atoms with E-state index in [2.05, 4.69) is 0 Å². The summed E-state index contributed by atoms with van der Waals surface area (Å²) in [6.45, 7) is 2.49. The van der Waals surface area contributed by atoms with E-state index in [9.17, 15) is 26.3 Å². The Balaban J connectivity index is 3.78. The van der Waals surface area contributed by atoms with Crippen molar-refractivity contribution in [3.63, 3.8) is 0 Å². The van der Waals surface area contributed by atoms with Crippen molar-refractivity contribution >= 4 is 12.6 Å². The summed E-state index contributed by atoms with van der Waals surface area (Å²) < 4.78 is 76.8. The van der Waals surface area contributed by atoms with Gasteiger partial charge in [-0.05, 0) is 29.1 Å². The Hall–Kier alpha value is -1.22. The van der Waals surface area contributed by atoms with E-state index in [1.165, 1.54) is 13.8 Å². The van der Waals surface area contributed by atoms with E-state index in [-0.39, 0.29) is 6.07 Å². The first-order valence-electron chi connectivity index (χ1n) is 5.54. The highest BCUT2D eigenvalue weighted by Crippen LogP contribution is 2.38. The van der Waals surface area contributed by atoms with Gasteiger partial charge >= 0.3 is 19.5 Å². The minimum absolute atomic E-state index is 0.212. The van der Waals surface area contributed by atoms with Crippen molar-refractivity contribution in [1.82, 2.24) is 0 Å². The van der Waals surface area contributed by atoms with E-state index < -0.39 is 47.5 Å². The van der Waals surface area contributed by atoms with Crippen molar-refractivity contribution in [3.8, 4) is 0 Å². The quantitative estimate of drug-likeness (QED) is 0.651. The summed E-state index contributed by atoms with van der Waals surface area (Å²) in [5, 5.41) is 18.2. The predicted octanol–water partition coefficient (Wildman–Crippen LogP) is 2.53. The van der Waals surface area contributed by atoms with E-state index in [0.29, 0.717) is 6.07 Å². The van der Waals surface area contributed by atoms with Crippen LogP contribution in [0.25, 0.3) is 0 Å². The van der Waals surface area contributed by atoms with Gasteiger partial charge in [0.05, 0.1) is 11.1 Å². The third kappa shape index (κ3) is 3.27. The Morgan fingerprint density at radius 3 is 1.60 bits per heavy atom. The zero-order chi connectivity index (χ0) is 15.9. The van der Waals surface area contributed by atoms with Crippen LogP contribution in [0.2, 0.25) is 0 Å². The van der Waals surface area contributed by atoms with Crippen molar-refractivity contribution in [1.29, 1.82) is 0 Å². The second kappa shape index (κ2) is 5.29. The molecule has 0 aliphatic rings. The summed E-state index contributed by atoms with van der Waals surface area (Å²) in [6, 6.07) is 0.521. The van der Waals surface area contributed by atoms with Crippen molar-refractivity contribution in [2.24, 2.45) is 0 Å². The van der Waals surface area contributed by atoms with Crippen LogP contribution >= 0.6 is 0 Å². The predicted molar refractivity (Wildman–Crippen MR) is 60.4 cm³/mol. The van der Waals surface area contributed by atoms with Crippen LogP contribution in [-0.2, 0) is 12.4 Å². The molecule has 9 heteroatoms. The molecule has 2 N–H and O–H groups in total. The summed E-state index contributed by atoms with van der Waals surface area (Å²) in [4.78, 5) is 0. The molecule has 1 aromatic rings. The fourth-order valence-electron chi connectivity index (χ4n) is 2.03. The summed E-state index contributed by atoms with van der Waals surface area (Å²) in [5.41, 5.74) is -4.70. The van der Waals surface area contributed by atoms with E-state index in [1.807, 2.05) is 0 Å². The highest BCUT2D eigenvalue weighted by atomic mass is 19.4. The normalized spacial score (nSPS) is 12.9. The fourth-order valence-corrected chi connectivity index (χ4v) is 2.03. The first-order valence-corrected chi connectivity index (χ1v) is 5.54. The van der Waals surface area contributed by atoms with Gasteiger partial charge in [0.2, 0.25) is 0 Å². The molecule has 0 bridgehead atoms. The molecule has 0 saturated heterocycles. The molecule has 0 atom stereocenters. The van der Waals surface area contributed by atoms with Crippen LogP contribution in [-0.4, -0.2) is 17.2 Å². The SMILES string of the molecule is CC(C)c1c(C(F)(F)F)ccc(C(F)(F)F)c1B(O)O. The van der Waals surface area contributed by atoms with Gasteiger partial charge in [0.1, 0.15) is 0 Å². The van der Waals surface area contributed by atoms with Crippen molar-refractivity contribution in [2.45, 2.75) is 32.1 Å². The Morgan fingerprint density at radius 2 is 1.30 bits per heavy atom. The van der Waals surface area contributed by atoms with Crippen LogP contribution in [0.1, 0.15) is 36.5 Å². The van der Waals surface area contributed by atoms with Gasteiger partial charge in [0.25, 0.3) is 0 Å². The molecule has 2 nitrogen and oxygen atoms in total. The average molecular weight is 300 g/mol. The van der Waals surface area contributed by atoms with Crippen molar-refractivity contribution in [2.75, 3.05) is 0 Å². The number of benzene rings is 1. The number of hydrogen-bond acceptors (Lipinski definition) is 2. The lowest BCUT2D eigenvalue weighted by molar-refractivity contribution is -0.141. The minimum Gasteiger partial charge on any atom is -0.423 e. The molecule has 0 unspecified atom stereocenters. The van der Waals surface area contributed by atoms with Crippen LogP contribution in [0.5, 0.6) is 0 Å². The van der Waals surface area contributed by atoms with Gasteiger partial charge in [0.15, 0.2) is 0 Å². The largest absolute Gasteiger partial charge is 0.489 e. The highest BCUT2D eigenvalue weighted by molar-refractivity contribution is 6.60. The third-order valence-electron chi connectivity index (χ3n) is 2.73. The molecular formula is C11H11BF6O2. The molecule has 0 spiro atoms. The lowest BCUT2D eigenvalue weighted by atomic mass is 9.70. The second-order valence-corrected chi connectivity index (χ2v) is 4.51. The van der Waals surface area contributed by atoms with Crippen molar-refractivity contribution < 1.29 is 36.4 Å². The van der Waals surface area contributed by atoms with Gasteiger partial charge in [-0.25, -0.2) is 0 Å². The fraction of sp³-hybridized carbons (Fsp3) is 0.455. The number of halogens is 6. The maximum absolute atomic E-state index is 12.8. The maximum Gasteiger partial charge on any atom is 0.489 e. The van der Waals surface area contributed by atoms with Gasteiger partial charge < -0.3 is 10.0 Å². The highest BCUT2D eigenvalue weighted by Gasteiger charge is 2.43. The zero-order valence-corrected chi connectivity index (χ0v) is 10.5. The molecule has 20 heavy (non-hydrogen) atoms. The van der Waals surface area contributed by atoms with Gasteiger partial charge in [-0.1, -0.05) is 13.8 Å². The molecule has 0 aliphatic heterocycles. The van der Waals surface area contributed by atoms with Crippen LogP contribution in [0, 0.1) is 0 Å². The number of hydrogen-bond donors (Lipinski definition) is 2. The van der Waals surface area contributed by atoms with Gasteiger partial charge in [-0.2, -0.15) is 26.3 Å². The molecule has 0 radical (unpaired) electrons. The summed E-state index contributed by atoms with van der Waals surface area (Å²) in [5.74, 6) is -0.967. The summed E-state index contributed by atoms with van der Waals surface area (Å²) in [6.07, 6.45) is -9.86. The minimum atomic E-state index is -4.98. The van der Waals surface area contributed by atoms with E-state index in [1.54, 1.807) is 0 Å². The molecule has 1 rings (SSSR count). The summed E-state index contributed by atoms with van der Waals surface area (Å²) in [7, 11) is -2.65. The first kappa shape index (κ1) is 16.8. The van der Waals surface area contributed by atoms with Gasteiger partial charge in [-0.3, -0.25) is 0 Å². The van der Waals surface area contributed by atoms with E-state index in [0.717, 1.165) is 0 Å². The monoisotopic (exact) mass is 300 g/mol. The Bertz CT molecular complexity index is 448. The second-order valence-electron chi connectivity index (χ2n) is 4.51. The molecule has 1 aromatic carbocycles. The zero-order valence-electron chi connectivity index (χ0n) is 10.5. The molecule has 0 fully saturated rings. The molecule has 112 valence electrons. The molecule has 0 heterocycles. The van der Waals surface area contributed by atoms with E-state index >= 15 is 0 Å². The third-order valence-corrected chi connectivity index (χ3v) is 2.73. The van der Waals surface area contributed by atoms with Crippen molar-refractivity contribution in [3.05, 3.63) is 28.8 Å². The molecule has 0 aromatic heterocycles. The lowest BCUT2D eigenvalue weighted by Crippen LogP contribution is -2.40. The molecule has 0 amide bonds. The maximum atomic E-state index is 12.8.